The van der Waals surface area contributed by atoms with Crippen LogP contribution in [0.2, 0.25) is 0 Å². The summed E-state index contributed by atoms with van der Waals surface area (Å²) in [5.41, 5.74) is 13.5. The maximum atomic E-state index is 12.4. The van der Waals surface area contributed by atoms with E-state index in [9.17, 15) is 14.7 Å². The lowest BCUT2D eigenvalue weighted by molar-refractivity contribution is -0.121. The Kier molecular flexibility index (Phi) is 18.5. The maximum Gasteiger partial charge on any atom is 0.220 e. The van der Waals surface area contributed by atoms with E-state index in [0.29, 0.717) is 38.8 Å². The normalized spacial score (nSPS) is 11.5. The number of hydrogen-bond acceptors (Lipinski definition) is 7. The average molecular weight is 549 g/mol. The van der Waals surface area contributed by atoms with Gasteiger partial charge in [0, 0.05) is 25.9 Å². The van der Waals surface area contributed by atoms with Crippen LogP contribution in [0.25, 0.3) is 0 Å². The van der Waals surface area contributed by atoms with Crippen LogP contribution in [0.5, 0.6) is 5.75 Å². The van der Waals surface area contributed by atoms with Gasteiger partial charge in [0.05, 0.1) is 0 Å². The standard InChI is InChI=1S/C30H56N6O3/c1-30(2,3)26-22-24(10-12-27(37)35-20-8-18-33-16-6-4-14-31)29(39)25(23-26)11-13-28(38)36-21-9-19-34-17-7-5-15-32/h22-23,33-34,39H,4-21,31-32H2,1-3H3,(H,35,37)(H,36,38). The summed E-state index contributed by atoms with van der Waals surface area (Å²) in [7, 11) is 0. The maximum absolute atomic E-state index is 12.4. The molecule has 1 aromatic carbocycles. The average Bonchev–Trinajstić information content (AvgIpc) is 2.89. The van der Waals surface area contributed by atoms with Crippen molar-refractivity contribution < 1.29 is 14.7 Å². The highest BCUT2D eigenvalue weighted by Crippen LogP contribution is 2.32. The quantitative estimate of drug-likeness (QED) is 0.110. The Morgan fingerprint density at radius 1 is 0.692 bits per heavy atom. The van der Waals surface area contributed by atoms with Gasteiger partial charge in [0.25, 0.3) is 0 Å². The van der Waals surface area contributed by atoms with Gasteiger partial charge in [-0.05, 0) is 113 Å². The van der Waals surface area contributed by atoms with E-state index in [1.54, 1.807) is 0 Å². The summed E-state index contributed by atoms with van der Waals surface area (Å²) in [6.07, 6.45) is 7.46. The third-order valence-corrected chi connectivity index (χ3v) is 6.70. The van der Waals surface area contributed by atoms with E-state index in [1.807, 2.05) is 12.1 Å². The number of phenolic OH excluding ortho intramolecular Hbond substituents is 1. The molecule has 0 atom stereocenters. The molecule has 1 rings (SSSR count). The van der Waals surface area contributed by atoms with Crippen LogP contribution in [0.4, 0.5) is 0 Å². The fraction of sp³-hybridized carbons (Fsp3) is 0.733. The van der Waals surface area contributed by atoms with Crippen LogP contribution < -0.4 is 32.7 Å². The SMILES string of the molecule is CC(C)(C)c1cc(CCC(=O)NCCCNCCCCN)c(O)c(CCC(=O)NCCCNCCCCN)c1. The van der Waals surface area contributed by atoms with Crippen LogP contribution in [0, 0.1) is 0 Å². The highest BCUT2D eigenvalue weighted by atomic mass is 16.3. The number of carbonyl (C=O) groups excluding carboxylic acids is 2. The number of benzene rings is 1. The van der Waals surface area contributed by atoms with Gasteiger partial charge in [-0.3, -0.25) is 9.59 Å². The molecule has 0 aliphatic heterocycles. The summed E-state index contributed by atoms with van der Waals surface area (Å²) in [5, 5.41) is 23.6. The number of nitrogens with one attached hydrogen (secondary N) is 4. The molecule has 39 heavy (non-hydrogen) atoms. The summed E-state index contributed by atoms with van der Waals surface area (Å²) in [6.45, 7) is 12.7. The van der Waals surface area contributed by atoms with Crippen molar-refractivity contribution in [1.82, 2.24) is 21.3 Å². The minimum absolute atomic E-state index is 0.0199. The number of aromatic hydroxyl groups is 1. The second-order valence-electron chi connectivity index (χ2n) is 11.3. The molecular weight excluding hydrogens is 492 g/mol. The Balaban J connectivity index is 2.51. The topological polar surface area (TPSA) is 155 Å². The third kappa shape index (κ3) is 16.5. The van der Waals surface area contributed by atoms with Crippen molar-refractivity contribution in [3.05, 3.63) is 28.8 Å². The lowest BCUT2D eigenvalue weighted by Crippen LogP contribution is -2.28. The van der Waals surface area contributed by atoms with E-state index in [-0.39, 0.29) is 23.0 Å². The highest BCUT2D eigenvalue weighted by Gasteiger charge is 2.19. The van der Waals surface area contributed by atoms with Crippen LogP contribution >= 0.6 is 0 Å². The Morgan fingerprint density at radius 3 is 1.49 bits per heavy atom. The number of carbonyl (C=O) groups is 2. The molecule has 9 nitrogen and oxygen atoms in total. The molecule has 224 valence electrons. The molecule has 0 aromatic heterocycles. The van der Waals surface area contributed by atoms with Gasteiger partial charge in [-0.15, -0.1) is 0 Å². The molecule has 0 unspecified atom stereocenters. The van der Waals surface area contributed by atoms with Crippen LogP contribution in [0.3, 0.4) is 0 Å². The monoisotopic (exact) mass is 548 g/mol. The van der Waals surface area contributed by atoms with E-state index in [0.717, 1.165) is 94.5 Å². The Morgan fingerprint density at radius 2 is 1.10 bits per heavy atom. The van der Waals surface area contributed by atoms with Gasteiger partial charge in [-0.1, -0.05) is 32.9 Å². The lowest BCUT2D eigenvalue weighted by atomic mass is 9.83. The van der Waals surface area contributed by atoms with Gasteiger partial charge < -0.3 is 37.8 Å². The molecular formula is C30H56N6O3. The summed E-state index contributed by atoms with van der Waals surface area (Å²) in [5.74, 6) is 0.161. The number of rotatable bonds is 22. The van der Waals surface area contributed by atoms with Crippen molar-refractivity contribution in [2.24, 2.45) is 11.5 Å². The molecule has 0 radical (unpaired) electrons. The zero-order valence-corrected chi connectivity index (χ0v) is 24.8. The van der Waals surface area contributed by atoms with Crippen molar-refractivity contribution in [3.63, 3.8) is 0 Å². The second-order valence-corrected chi connectivity index (χ2v) is 11.3. The van der Waals surface area contributed by atoms with Gasteiger partial charge in [0.2, 0.25) is 11.8 Å². The van der Waals surface area contributed by atoms with Gasteiger partial charge in [-0.2, -0.15) is 0 Å². The van der Waals surface area contributed by atoms with E-state index < -0.39 is 0 Å². The highest BCUT2D eigenvalue weighted by molar-refractivity contribution is 5.77. The summed E-state index contributed by atoms with van der Waals surface area (Å²) < 4.78 is 0. The van der Waals surface area contributed by atoms with Crippen LogP contribution in [-0.4, -0.2) is 69.3 Å². The van der Waals surface area contributed by atoms with Crippen molar-refractivity contribution >= 4 is 11.8 Å². The molecule has 0 heterocycles. The molecule has 0 saturated carbocycles. The molecule has 0 saturated heterocycles. The Hall–Kier alpha value is -2.20. The van der Waals surface area contributed by atoms with E-state index >= 15 is 0 Å². The number of aryl methyl sites for hydroxylation is 2. The molecule has 2 amide bonds. The first-order valence-electron chi connectivity index (χ1n) is 14.9. The summed E-state index contributed by atoms with van der Waals surface area (Å²) in [6, 6.07) is 4.00. The molecule has 1 aromatic rings. The molecule has 9 N–H and O–H groups in total. The van der Waals surface area contributed by atoms with E-state index in [4.69, 9.17) is 11.5 Å². The van der Waals surface area contributed by atoms with Crippen LogP contribution in [-0.2, 0) is 27.8 Å². The Labute approximate surface area is 236 Å². The fourth-order valence-corrected chi connectivity index (χ4v) is 4.17. The van der Waals surface area contributed by atoms with Crippen molar-refractivity contribution in [2.75, 3.05) is 52.4 Å². The molecule has 9 heteroatoms. The first-order chi connectivity index (χ1) is 18.7. The second kappa shape index (κ2) is 20.7. The molecule has 0 aliphatic rings. The first-order valence-corrected chi connectivity index (χ1v) is 14.9. The number of hydrogen-bond donors (Lipinski definition) is 7. The number of nitrogens with two attached hydrogens (primary N) is 2. The largest absolute Gasteiger partial charge is 0.507 e. The van der Waals surface area contributed by atoms with Gasteiger partial charge in [0.15, 0.2) is 0 Å². The van der Waals surface area contributed by atoms with Crippen LogP contribution in [0.1, 0.15) is 88.8 Å². The molecule has 0 fully saturated rings. The summed E-state index contributed by atoms with van der Waals surface area (Å²) in [4.78, 5) is 24.8. The first kappa shape index (κ1) is 34.8. The third-order valence-electron chi connectivity index (χ3n) is 6.70. The molecule has 0 aliphatic carbocycles. The Bertz CT molecular complexity index is 768. The molecule has 0 spiro atoms. The molecule has 0 bridgehead atoms. The van der Waals surface area contributed by atoms with Gasteiger partial charge >= 0.3 is 0 Å². The van der Waals surface area contributed by atoms with Crippen molar-refractivity contribution in [3.8, 4) is 5.75 Å². The van der Waals surface area contributed by atoms with Gasteiger partial charge in [-0.25, -0.2) is 0 Å². The number of phenols is 1. The smallest absolute Gasteiger partial charge is 0.220 e. The van der Waals surface area contributed by atoms with Crippen molar-refractivity contribution in [2.45, 2.75) is 90.4 Å². The predicted octanol–water partition coefficient (Wildman–Crippen LogP) is 2.22. The van der Waals surface area contributed by atoms with Gasteiger partial charge in [0.1, 0.15) is 5.75 Å². The predicted molar refractivity (Wildman–Crippen MR) is 161 cm³/mol. The van der Waals surface area contributed by atoms with Crippen molar-refractivity contribution in [1.29, 1.82) is 0 Å². The number of unbranched alkanes of at least 4 members (excludes halogenated alkanes) is 2. The lowest BCUT2D eigenvalue weighted by Gasteiger charge is -2.22. The van der Waals surface area contributed by atoms with Crippen LogP contribution in [0.15, 0.2) is 12.1 Å². The minimum Gasteiger partial charge on any atom is -0.507 e. The summed E-state index contributed by atoms with van der Waals surface area (Å²) >= 11 is 0. The minimum atomic E-state index is -0.115. The zero-order valence-electron chi connectivity index (χ0n) is 24.8. The zero-order chi connectivity index (χ0) is 28.9. The van der Waals surface area contributed by atoms with E-state index in [1.165, 1.54) is 0 Å². The van der Waals surface area contributed by atoms with E-state index in [2.05, 4.69) is 42.0 Å². The fourth-order valence-electron chi connectivity index (χ4n) is 4.17. The number of amides is 2.